The van der Waals surface area contributed by atoms with Crippen LogP contribution in [0.15, 0.2) is 23.6 Å². The van der Waals surface area contributed by atoms with E-state index in [1.54, 1.807) is 11.3 Å². The van der Waals surface area contributed by atoms with Gasteiger partial charge in [-0.15, -0.1) is 11.3 Å². The molecule has 2 bridgehead atoms. The average Bonchev–Trinajstić information content (AvgIpc) is 3.12. The van der Waals surface area contributed by atoms with Gasteiger partial charge >= 0.3 is 0 Å². The normalized spacial score (nSPS) is 23.8. The summed E-state index contributed by atoms with van der Waals surface area (Å²) in [4.78, 5) is 29.2. The fourth-order valence-electron chi connectivity index (χ4n) is 4.31. The molecular formula is C21H23ClFN3O3S. The van der Waals surface area contributed by atoms with E-state index in [0.717, 1.165) is 29.6 Å². The van der Waals surface area contributed by atoms with Gasteiger partial charge in [0.1, 0.15) is 11.6 Å². The zero-order chi connectivity index (χ0) is 21.4. The predicted octanol–water partition coefficient (Wildman–Crippen LogP) is 3.27. The Morgan fingerprint density at radius 1 is 1.33 bits per heavy atom. The lowest BCUT2D eigenvalue weighted by Crippen LogP contribution is -2.78. The molecule has 2 aromatic rings. The quantitative estimate of drug-likeness (QED) is 0.613. The average molecular weight is 452 g/mol. The van der Waals surface area contributed by atoms with Gasteiger partial charge in [0.15, 0.2) is 6.61 Å². The van der Waals surface area contributed by atoms with Gasteiger partial charge in [-0.05, 0) is 37.8 Å². The smallest absolute Gasteiger partial charge is 0.258 e. The van der Waals surface area contributed by atoms with Crippen molar-refractivity contribution in [2.24, 2.45) is 5.41 Å². The van der Waals surface area contributed by atoms with Gasteiger partial charge in [0, 0.05) is 30.0 Å². The molecule has 1 aromatic carbocycles. The van der Waals surface area contributed by atoms with Gasteiger partial charge in [0.25, 0.3) is 5.91 Å². The number of carbonyl (C=O) groups is 2. The topological polar surface area (TPSA) is 80.3 Å². The maximum absolute atomic E-state index is 13.4. The molecule has 3 aliphatic carbocycles. The number of amides is 2. The molecule has 3 saturated carbocycles. The number of thiazole rings is 1. The Labute approximate surface area is 183 Å². The summed E-state index contributed by atoms with van der Waals surface area (Å²) in [6, 6.07) is 4.03. The predicted molar refractivity (Wildman–Crippen MR) is 112 cm³/mol. The fourth-order valence-corrected chi connectivity index (χ4v) is 5.30. The van der Waals surface area contributed by atoms with Crippen LogP contribution in [-0.4, -0.2) is 35.5 Å². The number of ether oxygens (including phenoxy) is 1. The van der Waals surface area contributed by atoms with E-state index in [9.17, 15) is 14.0 Å². The van der Waals surface area contributed by atoms with Crippen molar-refractivity contribution in [3.8, 4) is 5.75 Å². The monoisotopic (exact) mass is 451 g/mol. The summed E-state index contributed by atoms with van der Waals surface area (Å²) in [5.41, 5.74) is 0.419. The fraction of sp³-hybridized carbons (Fsp3) is 0.476. The zero-order valence-electron chi connectivity index (χ0n) is 16.6. The van der Waals surface area contributed by atoms with Gasteiger partial charge < -0.3 is 15.4 Å². The van der Waals surface area contributed by atoms with Crippen LogP contribution in [0.2, 0.25) is 5.02 Å². The number of aromatic nitrogens is 1. The third-order valence-electron chi connectivity index (χ3n) is 5.76. The number of carbonyl (C=O) groups excluding carboxylic acids is 2. The summed E-state index contributed by atoms with van der Waals surface area (Å²) in [6.45, 7) is 2.43. The highest BCUT2D eigenvalue weighted by Crippen LogP contribution is 2.67. The van der Waals surface area contributed by atoms with Crippen LogP contribution in [0.5, 0.6) is 5.75 Å². The molecule has 0 unspecified atom stereocenters. The Bertz CT molecular complexity index is 960. The highest BCUT2D eigenvalue weighted by Gasteiger charge is 2.72. The molecule has 3 fully saturated rings. The number of benzene rings is 1. The second-order valence-electron chi connectivity index (χ2n) is 8.10. The number of nitrogens with zero attached hydrogens (tertiary/aromatic N) is 1. The molecule has 1 heterocycles. The number of aryl methyl sites for hydroxylation is 1. The molecule has 3 aliphatic rings. The molecule has 2 amide bonds. The van der Waals surface area contributed by atoms with Crippen LogP contribution in [-0.2, 0) is 22.4 Å². The zero-order valence-corrected chi connectivity index (χ0v) is 18.2. The second-order valence-corrected chi connectivity index (χ2v) is 9.45. The largest absolute Gasteiger partial charge is 0.484 e. The van der Waals surface area contributed by atoms with Gasteiger partial charge in [-0.3, -0.25) is 9.59 Å². The van der Waals surface area contributed by atoms with E-state index in [1.807, 2.05) is 0 Å². The molecule has 5 rings (SSSR count). The Balaban J connectivity index is 1.17. The molecule has 0 aliphatic heterocycles. The summed E-state index contributed by atoms with van der Waals surface area (Å²) in [5.74, 6) is -0.581. The summed E-state index contributed by atoms with van der Waals surface area (Å²) in [7, 11) is 0. The van der Waals surface area contributed by atoms with E-state index in [0.29, 0.717) is 25.8 Å². The molecule has 160 valence electrons. The van der Waals surface area contributed by atoms with Crippen LogP contribution < -0.4 is 15.4 Å². The van der Waals surface area contributed by atoms with Crippen molar-refractivity contribution in [2.45, 2.75) is 44.6 Å². The molecule has 9 heteroatoms. The number of halogens is 2. The molecule has 0 radical (unpaired) electrons. The van der Waals surface area contributed by atoms with Crippen LogP contribution in [0, 0.1) is 11.2 Å². The van der Waals surface area contributed by atoms with Crippen molar-refractivity contribution in [1.82, 2.24) is 15.6 Å². The number of hydrogen-bond donors (Lipinski definition) is 2. The molecule has 30 heavy (non-hydrogen) atoms. The summed E-state index contributed by atoms with van der Waals surface area (Å²) >= 11 is 7.25. The Morgan fingerprint density at radius 2 is 2.10 bits per heavy atom. The van der Waals surface area contributed by atoms with Crippen LogP contribution >= 0.6 is 22.9 Å². The lowest BCUT2D eigenvalue weighted by molar-refractivity contribution is -0.183. The van der Waals surface area contributed by atoms with Gasteiger partial charge in [-0.1, -0.05) is 18.5 Å². The van der Waals surface area contributed by atoms with E-state index in [4.69, 9.17) is 16.3 Å². The van der Waals surface area contributed by atoms with E-state index in [2.05, 4.69) is 27.9 Å². The molecule has 2 N–H and O–H groups in total. The molecule has 0 saturated heterocycles. The first-order valence-corrected chi connectivity index (χ1v) is 11.2. The highest BCUT2D eigenvalue weighted by molar-refractivity contribution is 7.09. The van der Waals surface area contributed by atoms with Crippen LogP contribution in [0.25, 0.3) is 0 Å². The van der Waals surface area contributed by atoms with E-state index >= 15 is 0 Å². The molecular weight excluding hydrogens is 429 g/mol. The molecule has 0 spiro atoms. The van der Waals surface area contributed by atoms with Gasteiger partial charge in [-0.2, -0.15) is 0 Å². The molecule has 0 atom stereocenters. The minimum Gasteiger partial charge on any atom is -0.484 e. The van der Waals surface area contributed by atoms with Gasteiger partial charge in [-0.25, -0.2) is 9.37 Å². The third kappa shape index (κ3) is 4.16. The van der Waals surface area contributed by atoms with Crippen molar-refractivity contribution >= 4 is 34.8 Å². The first kappa shape index (κ1) is 21.1. The number of nitrogens with one attached hydrogen (secondary N) is 2. The van der Waals surface area contributed by atoms with Crippen LogP contribution in [0.1, 0.15) is 36.9 Å². The third-order valence-corrected chi connectivity index (χ3v) is 7.03. The minimum atomic E-state index is -0.595. The van der Waals surface area contributed by atoms with Gasteiger partial charge in [0.2, 0.25) is 5.91 Å². The van der Waals surface area contributed by atoms with Crippen molar-refractivity contribution in [2.75, 3.05) is 13.2 Å². The van der Waals surface area contributed by atoms with Gasteiger partial charge in [0.05, 0.1) is 21.1 Å². The number of hydrogen-bond acceptors (Lipinski definition) is 5. The first-order chi connectivity index (χ1) is 14.3. The van der Waals surface area contributed by atoms with Crippen molar-refractivity contribution in [1.29, 1.82) is 0 Å². The maximum atomic E-state index is 13.4. The standard InChI is InChI=1S/C21H23ClFN3O3S/c1-2-13-9-30-18(25-13)5-6-24-19(28)20-10-21(11-20,12-20)26-17(27)8-29-14-3-4-15(22)16(23)7-14/h3-4,7,9H,2,5-6,8,10-12H2,1H3,(H,24,28)(H,26,27). The maximum Gasteiger partial charge on any atom is 0.258 e. The van der Waals surface area contributed by atoms with Crippen molar-refractivity contribution in [3.05, 3.63) is 45.1 Å². The lowest BCUT2D eigenvalue weighted by atomic mass is 9.39. The molecule has 6 nitrogen and oxygen atoms in total. The Morgan fingerprint density at radius 3 is 2.77 bits per heavy atom. The van der Waals surface area contributed by atoms with E-state index in [-0.39, 0.29) is 40.1 Å². The first-order valence-electron chi connectivity index (χ1n) is 9.94. The van der Waals surface area contributed by atoms with Crippen molar-refractivity contribution < 1.29 is 18.7 Å². The molecule has 1 aromatic heterocycles. The SMILES string of the molecule is CCc1csc(CCNC(=O)C23CC(NC(=O)COc4ccc(Cl)c(F)c4)(C2)C3)n1. The summed E-state index contributed by atoms with van der Waals surface area (Å²) in [6.07, 6.45) is 3.58. The van der Waals surface area contributed by atoms with Crippen LogP contribution in [0.3, 0.4) is 0 Å². The van der Waals surface area contributed by atoms with Crippen molar-refractivity contribution in [3.63, 3.8) is 0 Å². The van der Waals surface area contributed by atoms with E-state index in [1.165, 1.54) is 12.1 Å². The Hall–Kier alpha value is -2.19. The minimum absolute atomic E-state index is 0.00149. The van der Waals surface area contributed by atoms with Crippen LogP contribution in [0.4, 0.5) is 4.39 Å². The summed E-state index contributed by atoms with van der Waals surface area (Å²) in [5, 5.41) is 9.05. The Kier molecular flexibility index (Phi) is 5.72. The number of rotatable bonds is 9. The highest BCUT2D eigenvalue weighted by atomic mass is 35.5. The summed E-state index contributed by atoms with van der Waals surface area (Å²) < 4.78 is 18.7. The van der Waals surface area contributed by atoms with E-state index < -0.39 is 5.82 Å². The second kappa shape index (κ2) is 8.15. The lowest BCUT2D eigenvalue weighted by Gasteiger charge is -2.69.